The number of hydrogen-bond donors (Lipinski definition) is 1. The molecule has 1 N–H and O–H groups in total. The summed E-state index contributed by atoms with van der Waals surface area (Å²) in [5.41, 5.74) is 1.75. The molecule has 0 radical (unpaired) electrons. The van der Waals surface area contributed by atoms with Crippen LogP contribution in [0, 0.1) is 5.92 Å². The first-order valence-electron chi connectivity index (χ1n) is 9.78. The van der Waals surface area contributed by atoms with Crippen molar-refractivity contribution in [1.29, 1.82) is 0 Å². The van der Waals surface area contributed by atoms with Gasteiger partial charge in [0.25, 0.3) is 0 Å². The van der Waals surface area contributed by atoms with Crippen LogP contribution in [0.15, 0.2) is 24.3 Å². The number of amides is 2. The number of likely N-dealkylation sites (tertiary alicyclic amines) is 1. The lowest BCUT2D eigenvalue weighted by Crippen LogP contribution is -2.43. The van der Waals surface area contributed by atoms with Gasteiger partial charge in [-0.15, -0.1) is 0 Å². The molecule has 28 heavy (non-hydrogen) atoms. The molecule has 0 bridgehead atoms. The minimum Gasteiger partial charge on any atom is -0.352 e. The van der Waals surface area contributed by atoms with Crippen LogP contribution in [0.1, 0.15) is 37.7 Å². The fourth-order valence-electron chi connectivity index (χ4n) is 3.85. The molecule has 2 saturated heterocycles. The summed E-state index contributed by atoms with van der Waals surface area (Å²) in [6, 6.07) is 7.57. The van der Waals surface area contributed by atoms with E-state index in [0.717, 1.165) is 24.1 Å². The van der Waals surface area contributed by atoms with Crippen LogP contribution in [0.3, 0.4) is 0 Å². The number of piperidine rings is 2. The number of benzene rings is 1. The number of hydrogen-bond acceptors (Lipinski definition) is 3. The lowest BCUT2D eigenvalue weighted by molar-refractivity contribution is -0.149. The highest BCUT2D eigenvalue weighted by atomic mass is 19.4. The van der Waals surface area contributed by atoms with Crippen LogP contribution in [0.2, 0.25) is 0 Å². The molecule has 0 saturated carbocycles. The summed E-state index contributed by atoms with van der Waals surface area (Å²) in [5, 5.41) is 2.89. The Kier molecular flexibility index (Phi) is 6.59. The maximum atomic E-state index is 12.5. The SMILES string of the molecule is O=C(NCc1cccc(N2CCCCC2=O)c1)C1CCN(CC(F)(F)F)CC1. The Bertz CT molecular complexity index is 700. The van der Waals surface area contributed by atoms with E-state index >= 15 is 0 Å². The van der Waals surface area contributed by atoms with Gasteiger partial charge in [0.2, 0.25) is 11.8 Å². The molecule has 0 spiro atoms. The third-order valence-electron chi connectivity index (χ3n) is 5.37. The molecule has 1 aromatic rings. The zero-order valence-electron chi connectivity index (χ0n) is 15.8. The monoisotopic (exact) mass is 397 g/mol. The highest BCUT2D eigenvalue weighted by Gasteiger charge is 2.33. The molecular formula is C20H26F3N3O2. The predicted octanol–water partition coefficient (Wildman–Crippen LogP) is 3.09. The van der Waals surface area contributed by atoms with Gasteiger partial charge in [-0.25, -0.2) is 0 Å². The van der Waals surface area contributed by atoms with Crippen molar-refractivity contribution in [1.82, 2.24) is 10.2 Å². The molecule has 2 aliphatic rings. The van der Waals surface area contributed by atoms with Crippen molar-refractivity contribution < 1.29 is 22.8 Å². The van der Waals surface area contributed by atoms with Gasteiger partial charge in [-0.1, -0.05) is 12.1 Å². The van der Waals surface area contributed by atoms with Crippen LogP contribution >= 0.6 is 0 Å². The number of rotatable bonds is 5. The number of anilines is 1. The highest BCUT2D eigenvalue weighted by Crippen LogP contribution is 2.24. The molecule has 0 unspecified atom stereocenters. The summed E-state index contributed by atoms with van der Waals surface area (Å²) >= 11 is 0. The third-order valence-corrected chi connectivity index (χ3v) is 5.37. The first-order valence-corrected chi connectivity index (χ1v) is 9.78. The fourth-order valence-corrected chi connectivity index (χ4v) is 3.85. The van der Waals surface area contributed by atoms with Crippen LogP contribution in [0.4, 0.5) is 18.9 Å². The molecule has 0 aromatic heterocycles. The summed E-state index contributed by atoms with van der Waals surface area (Å²) in [4.78, 5) is 27.6. The first-order chi connectivity index (χ1) is 13.3. The number of carbonyl (C=O) groups excluding carboxylic acids is 2. The average molecular weight is 397 g/mol. The van der Waals surface area contributed by atoms with Crippen molar-refractivity contribution in [3.63, 3.8) is 0 Å². The van der Waals surface area contributed by atoms with Crippen molar-refractivity contribution in [2.45, 2.75) is 44.8 Å². The molecule has 154 valence electrons. The molecule has 2 fully saturated rings. The first kappa shape index (κ1) is 20.6. The van der Waals surface area contributed by atoms with Crippen molar-refractivity contribution in [3.8, 4) is 0 Å². The van der Waals surface area contributed by atoms with Gasteiger partial charge in [0.1, 0.15) is 0 Å². The van der Waals surface area contributed by atoms with Crippen molar-refractivity contribution in [2.75, 3.05) is 31.1 Å². The number of nitrogens with zero attached hydrogens (tertiary/aromatic N) is 2. The average Bonchev–Trinajstić information content (AvgIpc) is 2.66. The largest absolute Gasteiger partial charge is 0.401 e. The molecular weight excluding hydrogens is 371 g/mol. The predicted molar refractivity (Wildman–Crippen MR) is 99.7 cm³/mol. The Labute approximate surface area is 162 Å². The maximum absolute atomic E-state index is 12.5. The lowest BCUT2D eigenvalue weighted by atomic mass is 9.96. The smallest absolute Gasteiger partial charge is 0.352 e. The fraction of sp³-hybridized carbons (Fsp3) is 0.600. The summed E-state index contributed by atoms with van der Waals surface area (Å²) in [5.74, 6) is -0.250. The number of halogens is 3. The van der Waals surface area contributed by atoms with Gasteiger partial charge in [-0.2, -0.15) is 13.2 Å². The van der Waals surface area contributed by atoms with Gasteiger partial charge in [0.15, 0.2) is 0 Å². The summed E-state index contributed by atoms with van der Waals surface area (Å²) < 4.78 is 37.4. The van der Waals surface area contributed by atoms with Gasteiger partial charge >= 0.3 is 6.18 Å². The molecule has 0 aliphatic carbocycles. The van der Waals surface area contributed by atoms with E-state index in [1.54, 1.807) is 4.90 Å². The maximum Gasteiger partial charge on any atom is 0.401 e. The normalized spacial score (nSPS) is 19.7. The van der Waals surface area contributed by atoms with E-state index in [9.17, 15) is 22.8 Å². The van der Waals surface area contributed by atoms with E-state index < -0.39 is 12.7 Å². The van der Waals surface area contributed by atoms with Crippen molar-refractivity contribution >= 4 is 17.5 Å². The van der Waals surface area contributed by atoms with E-state index in [-0.39, 0.29) is 30.8 Å². The third kappa shape index (κ3) is 5.70. The molecule has 3 rings (SSSR count). The van der Waals surface area contributed by atoms with Crippen LogP contribution in [-0.2, 0) is 16.1 Å². The Balaban J connectivity index is 1.49. The van der Waals surface area contributed by atoms with Crippen LogP contribution in [0.5, 0.6) is 0 Å². The van der Waals surface area contributed by atoms with E-state index in [4.69, 9.17) is 0 Å². The number of alkyl halides is 3. The number of carbonyl (C=O) groups is 2. The van der Waals surface area contributed by atoms with E-state index in [1.165, 1.54) is 4.90 Å². The standard InChI is InChI=1S/C20H26F3N3O2/c21-20(22,23)14-25-10-7-16(8-11-25)19(28)24-13-15-4-3-5-17(12-15)26-9-2-1-6-18(26)27/h3-5,12,16H,1-2,6-11,13-14H2,(H,24,28). The lowest BCUT2D eigenvalue weighted by Gasteiger charge is -2.31. The second-order valence-corrected chi connectivity index (χ2v) is 7.56. The Morgan fingerprint density at radius 2 is 1.89 bits per heavy atom. The Morgan fingerprint density at radius 1 is 1.14 bits per heavy atom. The minimum atomic E-state index is -4.20. The summed E-state index contributed by atoms with van der Waals surface area (Å²) in [7, 11) is 0. The molecule has 2 heterocycles. The van der Waals surface area contributed by atoms with Crippen LogP contribution in [0.25, 0.3) is 0 Å². The van der Waals surface area contributed by atoms with E-state index in [0.29, 0.717) is 32.4 Å². The molecule has 5 nitrogen and oxygen atoms in total. The second kappa shape index (κ2) is 8.94. The zero-order chi connectivity index (χ0) is 20.1. The molecule has 2 aliphatic heterocycles. The second-order valence-electron chi connectivity index (χ2n) is 7.56. The molecule has 1 aromatic carbocycles. The van der Waals surface area contributed by atoms with Crippen LogP contribution in [-0.4, -0.2) is 49.1 Å². The van der Waals surface area contributed by atoms with Gasteiger partial charge < -0.3 is 10.2 Å². The van der Waals surface area contributed by atoms with Gasteiger partial charge in [-0.05, 0) is 56.5 Å². The summed E-state index contributed by atoms with van der Waals surface area (Å²) in [6.45, 7) is 0.709. The quantitative estimate of drug-likeness (QED) is 0.831. The number of nitrogens with one attached hydrogen (secondary N) is 1. The summed E-state index contributed by atoms with van der Waals surface area (Å²) in [6.07, 6.45) is -0.856. The molecule has 2 amide bonds. The zero-order valence-corrected chi connectivity index (χ0v) is 15.8. The van der Waals surface area contributed by atoms with Gasteiger partial charge in [-0.3, -0.25) is 14.5 Å². The van der Waals surface area contributed by atoms with Crippen LogP contribution < -0.4 is 10.2 Å². The molecule has 0 atom stereocenters. The Hall–Kier alpha value is -2.09. The Morgan fingerprint density at radius 3 is 2.57 bits per heavy atom. The van der Waals surface area contributed by atoms with Crippen molar-refractivity contribution in [2.24, 2.45) is 5.92 Å². The van der Waals surface area contributed by atoms with Crippen molar-refractivity contribution in [3.05, 3.63) is 29.8 Å². The van der Waals surface area contributed by atoms with Gasteiger partial charge in [0, 0.05) is 31.1 Å². The van der Waals surface area contributed by atoms with E-state index in [2.05, 4.69) is 5.32 Å². The topological polar surface area (TPSA) is 52.7 Å². The minimum absolute atomic E-state index is 0.119. The highest BCUT2D eigenvalue weighted by molar-refractivity contribution is 5.94. The molecule has 8 heteroatoms. The van der Waals surface area contributed by atoms with Gasteiger partial charge in [0.05, 0.1) is 6.54 Å². The van der Waals surface area contributed by atoms with E-state index in [1.807, 2.05) is 24.3 Å².